The first-order valence-electron chi connectivity index (χ1n) is 7.58. The fourth-order valence-corrected chi connectivity index (χ4v) is 2.77. The Bertz CT molecular complexity index is 657. The molecule has 1 heterocycles. The molecule has 0 bridgehead atoms. The van der Waals surface area contributed by atoms with Crippen molar-refractivity contribution in [2.45, 2.75) is 12.2 Å². The molecule has 0 aromatic heterocycles. The van der Waals surface area contributed by atoms with Gasteiger partial charge in [-0.15, -0.1) is 0 Å². The molecule has 1 saturated heterocycles. The van der Waals surface area contributed by atoms with Gasteiger partial charge in [0.25, 0.3) is 0 Å². The Morgan fingerprint density at radius 2 is 1.52 bits per heavy atom. The van der Waals surface area contributed by atoms with Gasteiger partial charge in [-0.2, -0.15) is 0 Å². The SMILES string of the molecule is COc1ccc([C@@H]2CNC[C@H](c3ccc(O)cc3)O2)cc1OC. The van der Waals surface area contributed by atoms with E-state index >= 15 is 0 Å². The minimum absolute atomic E-state index is 0.0533. The molecule has 23 heavy (non-hydrogen) atoms. The van der Waals surface area contributed by atoms with Gasteiger partial charge in [-0.3, -0.25) is 0 Å². The van der Waals surface area contributed by atoms with Crippen LogP contribution < -0.4 is 14.8 Å². The molecule has 2 aromatic carbocycles. The third-order valence-corrected chi connectivity index (χ3v) is 4.03. The quantitative estimate of drug-likeness (QED) is 0.908. The number of hydrogen-bond acceptors (Lipinski definition) is 5. The second-order valence-electron chi connectivity index (χ2n) is 5.48. The number of rotatable bonds is 4. The van der Waals surface area contributed by atoms with Crippen molar-refractivity contribution in [3.63, 3.8) is 0 Å². The first-order valence-corrected chi connectivity index (χ1v) is 7.58. The molecule has 0 radical (unpaired) electrons. The summed E-state index contributed by atoms with van der Waals surface area (Å²) in [6.07, 6.45) is -0.121. The van der Waals surface area contributed by atoms with E-state index in [4.69, 9.17) is 14.2 Å². The van der Waals surface area contributed by atoms with E-state index in [1.54, 1.807) is 26.4 Å². The lowest BCUT2D eigenvalue weighted by molar-refractivity contribution is -0.0407. The molecule has 1 aliphatic rings. The van der Waals surface area contributed by atoms with E-state index in [1.807, 2.05) is 30.3 Å². The molecule has 0 unspecified atom stereocenters. The van der Waals surface area contributed by atoms with E-state index in [9.17, 15) is 5.11 Å². The highest BCUT2D eigenvalue weighted by Crippen LogP contribution is 2.34. The fraction of sp³-hybridized carbons (Fsp3) is 0.333. The average molecular weight is 315 g/mol. The van der Waals surface area contributed by atoms with Crippen LogP contribution in [-0.4, -0.2) is 32.4 Å². The van der Waals surface area contributed by atoms with Gasteiger partial charge in [0.05, 0.1) is 26.4 Å². The van der Waals surface area contributed by atoms with E-state index in [1.165, 1.54) is 0 Å². The summed E-state index contributed by atoms with van der Waals surface area (Å²) in [6, 6.07) is 13.0. The van der Waals surface area contributed by atoms with Gasteiger partial charge in [-0.05, 0) is 35.4 Å². The number of ether oxygens (including phenoxy) is 3. The average Bonchev–Trinajstić information content (AvgIpc) is 2.62. The second-order valence-corrected chi connectivity index (χ2v) is 5.48. The van der Waals surface area contributed by atoms with Crippen molar-refractivity contribution in [3.05, 3.63) is 53.6 Å². The Morgan fingerprint density at radius 1 is 0.913 bits per heavy atom. The summed E-state index contributed by atoms with van der Waals surface area (Å²) in [5.41, 5.74) is 2.08. The summed E-state index contributed by atoms with van der Waals surface area (Å²) >= 11 is 0. The van der Waals surface area contributed by atoms with Gasteiger partial charge in [0.2, 0.25) is 0 Å². The molecule has 5 nitrogen and oxygen atoms in total. The molecule has 2 N–H and O–H groups in total. The first kappa shape index (κ1) is 15.6. The molecule has 0 saturated carbocycles. The van der Waals surface area contributed by atoms with Crippen LogP contribution in [0.15, 0.2) is 42.5 Å². The van der Waals surface area contributed by atoms with Crippen molar-refractivity contribution in [2.75, 3.05) is 27.3 Å². The Kier molecular flexibility index (Phi) is 4.69. The molecule has 5 heteroatoms. The molecular formula is C18H21NO4. The zero-order valence-corrected chi connectivity index (χ0v) is 13.3. The van der Waals surface area contributed by atoms with Gasteiger partial charge < -0.3 is 24.6 Å². The summed E-state index contributed by atoms with van der Waals surface area (Å²) in [6.45, 7) is 1.48. The Labute approximate surface area is 135 Å². The van der Waals surface area contributed by atoms with Crippen LogP contribution in [0.4, 0.5) is 0 Å². The third kappa shape index (κ3) is 3.41. The lowest BCUT2D eigenvalue weighted by Crippen LogP contribution is -2.35. The third-order valence-electron chi connectivity index (χ3n) is 4.03. The monoisotopic (exact) mass is 315 g/mol. The predicted octanol–water partition coefficient (Wildman–Crippen LogP) is 2.81. The highest BCUT2D eigenvalue weighted by atomic mass is 16.5. The zero-order chi connectivity index (χ0) is 16.2. The number of hydrogen-bond donors (Lipinski definition) is 2. The number of phenols is 1. The number of phenolic OH excluding ortho intramolecular Hbond substituents is 1. The summed E-state index contributed by atoms with van der Waals surface area (Å²) in [5.74, 6) is 1.66. The van der Waals surface area contributed by atoms with Crippen LogP contribution in [0, 0.1) is 0 Å². The zero-order valence-electron chi connectivity index (χ0n) is 13.3. The topological polar surface area (TPSA) is 60.0 Å². The molecule has 122 valence electrons. The normalized spacial score (nSPS) is 21.0. The largest absolute Gasteiger partial charge is 0.508 e. The maximum absolute atomic E-state index is 9.41. The summed E-state index contributed by atoms with van der Waals surface area (Å²) in [5, 5.41) is 12.8. The van der Waals surface area contributed by atoms with E-state index in [0.29, 0.717) is 11.5 Å². The molecule has 1 aliphatic heterocycles. The van der Waals surface area contributed by atoms with Crippen molar-refractivity contribution in [1.82, 2.24) is 5.32 Å². The standard InChI is InChI=1S/C18H21NO4/c1-21-15-8-5-13(9-16(15)22-2)18-11-19-10-17(23-18)12-3-6-14(20)7-4-12/h3-9,17-20H,10-11H2,1-2H3/t17-,18+/m1/s1. The molecule has 0 spiro atoms. The van der Waals surface area contributed by atoms with E-state index in [0.717, 1.165) is 24.2 Å². The smallest absolute Gasteiger partial charge is 0.161 e. The van der Waals surface area contributed by atoms with E-state index in [2.05, 4.69) is 5.32 Å². The maximum Gasteiger partial charge on any atom is 0.161 e. The number of morpholine rings is 1. The lowest BCUT2D eigenvalue weighted by Gasteiger charge is -2.31. The van der Waals surface area contributed by atoms with Crippen LogP contribution >= 0.6 is 0 Å². The molecule has 0 aliphatic carbocycles. The molecule has 2 aromatic rings. The van der Waals surface area contributed by atoms with Crippen LogP contribution in [0.3, 0.4) is 0 Å². The van der Waals surface area contributed by atoms with Gasteiger partial charge in [-0.1, -0.05) is 18.2 Å². The maximum atomic E-state index is 9.41. The number of aromatic hydroxyl groups is 1. The number of methoxy groups -OCH3 is 2. The van der Waals surface area contributed by atoms with Crippen LogP contribution in [0.5, 0.6) is 17.2 Å². The van der Waals surface area contributed by atoms with E-state index in [-0.39, 0.29) is 18.0 Å². The lowest BCUT2D eigenvalue weighted by atomic mass is 10.0. The second kappa shape index (κ2) is 6.89. The van der Waals surface area contributed by atoms with Crippen molar-refractivity contribution in [2.24, 2.45) is 0 Å². The molecule has 1 fully saturated rings. The van der Waals surface area contributed by atoms with Crippen molar-refractivity contribution in [1.29, 1.82) is 0 Å². The van der Waals surface area contributed by atoms with E-state index < -0.39 is 0 Å². The highest BCUT2D eigenvalue weighted by molar-refractivity contribution is 5.43. The predicted molar refractivity (Wildman–Crippen MR) is 87.1 cm³/mol. The van der Waals surface area contributed by atoms with Crippen molar-refractivity contribution in [3.8, 4) is 17.2 Å². The van der Waals surface area contributed by atoms with Gasteiger partial charge in [0.15, 0.2) is 11.5 Å². The molecule has 0 amide bonds. The fourth-order valence-electron chi connectivity index (χ4n) is 2.77. The van der Waals surface area contributed by atoms with Gasteiger partial charge in [0, 0.05) is 13.1 Å². The Morgan fingerprint density at radius 3 is 2.17 bits per heavy atom. The first-order chi connectivity index (χ1) is 11.2. The highest BCUT2D eigenvalue weighted by Gasteiger charge is 2.25. The van der Waals surface area contributed by atoms with Crippen LogP contribution in [-0.2, 0) is 4.74 Å². The number of benzene rings is 2. The van der Waals surface area contributed by atoms with Gasteiger partial charge >= 0.3 is 0 Å². The summed E-state index contributed by atoms with van der Waals surface area (Å²) in [7, 11) is 3.25. The molecule has 2 atom stereocenters. The van der Waals surface area contributed by atoms with Gasteiger partial charge in [-0.25, -0.2) is 0 Å². The number of nitrogens with one attached hydrogen (secondary N) is 1. The minimum atomic E-state index is -0.0673. The summed E-state index contributed by atoms with van der Waals surface area (Å²) < 4.78 is 16.9. The van der Waals surface area contributed by atoms with Crippen LogP contribution in [0.25, 0.3) is 0 Å². The minimum Gasteiger partial charge on any atom is -0.508 e. The Balaban J connectivity index is 1.79. The molecule has 3 rings (SSSR count). The molecular weight excluding hydrogens is 294 g/mol. The van der Waals surface area contributed by atoms with Crippen molar-refractivity contribution >= 4 is 0 Å². The van der Waals surface area contributed by atoms with Gasteiger partial charge in [0.1, 0.15) is 5.75 Å². The van der Waals surface area contributed by atoms with Crippen molar-refractivity contribution < 1.29 is 19.3 Å². The summed E-state index contributed by atoms with van der Waals surface area (Å²) in [4.78, 5) is 0. The van der Waals surface area contributed by atoms with Crippen LogP contribution in [0.2, 0.25) is 0 Å². The Hall–Kier alpha value is -2.24. The van der Waals surface area contributed by atoms with Crippen LogP contribution in [0.1, 0.15) is 23.3 Å².